The van der Waals surface area contributed by atoms with E-state index >= 15 is 0 Å². The molecule has 4 nitrogen and oxygen atoms in total. The van der Waals surface area contributed by atoms with Crippen LogP contribution in [0.4, 0.5) is 0 Å². The Morgan fingerprint density at radius 1 is 1.12 bits per heavy atom. The van der Waals surface area contributed by atoms with Crippen molar-refractivity contribution in [1.82, 2.24) is 4.90 Å². The van der Waals surface area contributed by atoms with E-state index in [0.717, 1.165) is 25.7 Å². The highest BCUT2D eigenvalue weighted by atomic mass is 32.2. The number of allylic oxidation sites excluding steroid dienone is 1. The maximum atomic E-state index is 13.3. The third-order valence-electron chi connectivity index (χ3n) is 7.00. The van der Waals surface area contributed by atoms with Crippen molar-refractivity contribution in [3.05, 3.63) is 42.0 Å². The lowest BCUT2D eigenvalue weighted by atomic mass is 9.57. The number of sulfone groups is 1. The molecule has 0 aromatic heterocycles. The number of fused-ring (bicyclic) bond motifs is 3. The molecule has 1 aromatic rings. The Morgan fingerprint density at radius 2 is 1.85 bits per heavy atom. The number of carbonyl (C=O) groups excluding carboxylic acids is 1. The van der Waals surface area contributed by atoms with Crippen LogP contribution in [0.15, 0.2) is 46.9 Å². The number of benzene rings is 1. The highest BCUT2D eigenvalue weighted by molar-refractivity contribution is 7.92. The molecule has 140 valence electrons. The fraction of sp³-hybridized carbons (Fsp3) is 0.571. The topological polar surface area (TPSA) is 54.5 Å². The smallest absolute Gasteiger partial charge is 0.222 e. The fourth-order valence-electron chi connectivity index (χ4n) is 5.61. The first-order chi connectivity index (χ1) is 12.4. The van der Waals surface area contributed by atoms with Crippen LogP contribution < -0.4 is 0 Å². The maximum absolute atomic E-state index is 13.3. The van der Waals surface area contributed by atoms with Crippen LogP contribution in [0.3, 0.4) is 0 Å². The first-order valence-electron chi connectivity index (χ1n) is 9.61. The third-order valence-corrected chi connectivity index (χ3v) is 9.29. The number of carbonyl (C=O) groups is 1. The average Bonchev–Trinajstić information content (AvgIpc) is 2.65. The van der Waals surface area contributed by atoms with Crippen molar-refractivity contribution in [3.63, 3.8) is 0 Å². The minimum atomic E-state index is -3.34. The van der Waals surface area contributed by atoms with Gasteiger partial charge in [0.15, 0.2) is 9.84 Å². The lowest BCUT2D eigenvalue weighted by molar-refractivity contribution is -0.140. The highest BCUT2D eigenvalue weighted by Gasteiger charge is 2.53. The van der Waals surface area contributed by atoms with Crippen molar-refractivity contribution in [2.45, 2.75) is 61.6 Å². The van der Waals surface area contributed by atoms with Gasteiger partial charge < -0.3 is 4.90 Å². The summed E-state index contributed by atoms with van der Waals surface area (Å²) < 4.78 is 26.7. The van der Waals surface area contributed by atoms with Crippen molar-refractivity contribution in [3.8, 4) is 0 Å². The summed E-state index contributed by atoms with van der Waals surface area (Å²) in [6, 6.07) is 9.08. The zero-order valence-electron chi connectivity index (χ0n) is 15.5. The molecule has 1 amide bonds. The van der Waals surface area contributed by atoms with E-state index in [1.807, 2.05) is 18.0 Å². The second-order valence-electron chi connectivity index (χ2n) is 8.26. The molecule has 1 saturated heterocycles. The van der Waals surface area contributed by atoms with Gasteiger partial charge in [-0.05, 0) is 50.2 Å². The molecule has 26 heavy (non-hydrogen) atoms. The number of piperidine rings is 1. The van der Waals surface area contributed by atoms with Crippen LogP contribution >= 0.6 is 0 Å². The van der Waals surface area contributed by atoms with E-state index < -0.39 is 9.84 Å². The first-order valence-corrected chi connectivity index (χ1v) is 11.2. The SMILES string of the molecule is CN1C(=O)CC[C@]2(C)C3=CCCC(S(=O)(=O)c4ccccc4)[C@@H]3CC[C@@H]12. The van der Waals surface area contributed by atoms with Crippen LogP contribution in [0.2, 0.25) is 0 Å². The summed E-state index contributed by atoms with van der Waals surface area (Å²) in [6.45, 7) is 2.25. The lowest BCUT2D eigenvalue weighted by Crippen LogP contribution is -2.57. The van der Waals surface area contributed by atoms with E-state index in [9.17, 15) is 13.2 Å². The van der Waals surface area contributed by atoms with E-state index in [4.69, 9.17) is 0 Å². The Balaban J connectivity index is 1.71. The normalized spacial score (nSPS) is 34.7. The molecule has 5 heteroatoms. The molecule has 0 radical (unpaired) electrons. The summed E-state index contributed by atoms with van der Waals surface area (Å²) >= 11 is 0. The second-order valence-corrected chi connectivity index (χ2v) is 10.4. The van der Waals surface area contributed by atoms with Gasteiger partial charge in [-0.2, -0.15) is 0 Å². The van der Waals surface area contributed by atoms with Crippen molar-refractivity contribution < 1.29 is 13.2 Å². The minimum Gasteiger partial charge on any atom is -0.342 e. The molecule has 3 aliphatic rings. The molecule has 1 aromatic carbocycles. The quantitative estimate of drug-likeness (QED) is 0.745. The van der Waals surface area contributed by atoms with E-state index in [2.05, 4.69) is 13.0 Å². The van der Waals surface area contributed by atoms with E-state index in [0.29, 0.717) is 17.7 Å². The average molecular weight is 374 g/mol. The van der Waals surface area contributed by atoms with E-state index in [1.165, 1.54) is 5.57 Å². The predicted molar refractivity (Wildman–Crippen MR) is 101 cm³/mol. The van der Waals surface area contributed by atoms with Gasteiger partial charge >= 0.3 is 0 Å². The number of hydrogen-bond donors (Lipinski definition) is 0. The van der Waals surface area contributed by atoms with E-state index in [-0.39, 0.29) is 28.5 Å². The summed E-state index contributed by atoms with van der Waals surface area (Å²) in [5.41, 5.74) is 1.21. The van der Waals surface area contributed by atoms with Gasteiger partial charge in [0.2, 0.25) is 5.91 Å². The van der Waals surface area contributed by atoms with Crippen LogP contribution in [0.25, 0.3) is 0 Å². The van der Waals surface area contributed by atoms with Crippen molar-refractivity contribution in [2.75, 3.05) is 7.05 Å². The number of likely N-dealkylation sites (tertiary alicyclic amines) is 1. The number of amides is 1. The Bertz CT molecular complexity index is 845. The summed E-state index contributed by atoms with van der Waals surface area (Å²) in [4.78, 5) is 14.5. The summed E-state index contributed by atoms with van der Waals surface area (Å²) in [5.74, 6) is 0.299. The third kappa shape index (κ3) is 2.55. The number of nitrogens with zero attached hydrogens (tertiary/aromatic N) is 1. The summed E-state index contributed by atoms with van der Waals surface area (Å²) in [5, 5.41) is -0.342. The van der Waals surface area contributed by atoms with Crippen LogP contribution in [0.1, 0.15) is 45.4 Å². The monoisotopic (exact) mass is 373 g/mol. The van der Waals surface area contributed by atoms with Crippen molar-refractivity contribution in [1.29, 1.82) is 0 Å². The van der Waals surface area contributed by atoms with Gasteiger partial charge in [-0.1, -0.05) is 36.8 Å². The van der Waals surface area contributed by atoms with Crippen LogP contribution in [0, 0.1) is 11.3 Å². The molecule has 0 spiro atoms. The number of hydrogen-bond acceptors (Lipinski definition) is 3. The van der Waals surface area contributed by atoms with Gasteiger partial charge in [0.1, 0.15) is 0 Å². The molecule has 4 rings (SSSR count). The Morgan fingerprint density at radius 3 is 2.58 bits per heavy atom. The lowest BCUT2D eigenvalue weighted by Gasteiger charge is -2.55. The van der Waals surface area contributed by atoms with Gasteiger partial charge in [0, 0.05) is 24.9 Å². The number of rotatable bonds is 2. The Kier molecular flexibility index (Phi) is 4.25. The largest absolute Gasteiger partial charge is 0.342 e. The minimum absolute atomic E-state index is 0.0804. The zero-order chi connectivity index (χ0) is 18.5. The van der Waals surface area contributed by atoms with Gasteiger partial charge in [-0.3, -0.25) is 4.79 Å². The maximum Gasteiger partial charge on any atom is 0.222 e. The van der Waals surface area contributed by atoms with Crippen LogP contribution in [-0.4, -0.2) is 37.6 Å². The molecule has 2 aliphatic carbocycles. The predicted octanol–water partition coefficient (Wildman–Crippen LogP) is 3.59. The Hall–Kier alpha value is -1.62. The van der Waals surface area contributed by atoms with Gasteiger partial charge in [0.05, 0.1) is 10.1 Å². The summed E-state index contributed by atoms with van der Waals surface area (Å²) in [6.07, 6.45) is 6.92. The molecule has 1 saturated carbocycles. The molecule has 1 aliphatic heterocycles. The molecule has 4 atom stereocenters. The van der Waals surface area contributed by atoms with E-state index in [1.54, 1.807) is 24.3 Å². The van der Waals surface area contributed by atoms with Crippen LogP contribution in [0.5, 0.6) is 0 Å². The fourth-order valence-corrected chi connectivity index (χ4v) is 7.66. The van der Waals surface area contributed by atoms with Gasteiger partial charge in [0.25, 0.3) is 0 Å². The first kappa shape index (κ1) is 17.8. The van der Waals surface area contributed by atoms with Gasteiger partial charge in [-0.15, -0.1) is 0 Å². The molecular formula is C21H27NO3S. The summed E-state index contributed by atoms with van der Waals surface area (Å²) in [7, 11) is -1.43. The van der Waals surface area contributed by atoms with Gasteiger partial charge in [-0.25, -0.2) is 8.42 Å². The Labute approximate surface area is 156 Å². The highest BCUT2D eigenvalue weighted by Crippen LogP contribution is 2.55. The van der Waals surface area contributed by atoms with Crippen molar-refractivity contribution >= 4 is 15.7 Å². The molecule has 0 N–H and O–H groups in total. The zero-order valence-corrected chi connectivity index (χ0v) is 16.3. The molecule has 1 heterocycles. The van der Waals surface area contributed by atoms with Crippen LogP contribution in [-0.2, 0) is 14.6 Å². The molecule has 1 unspecified atom stereocenters. The second kappa shape index (κ2) is 6.22. The van der Waals surface area contributed by atoms with Crippen molar-refractivity contribution in [2.24, 2.45) is 11.3 Å². The standard InChI is InChI=1S/C21H27NO3S/c1-21-14-13-20(23)22(2)19(21)12-11-16-17(21)9-6-10-18(16)26(24,25)15-7-4-3-5-8-15/h3-5,7-9,16,18-19H,6,10-14H2,1-2H3/t16-,18?,19-,21-/m1/s1. The molecular weight excluding hydrogens is 346 g/mol. The molecule has 0 bridgehead atoms. The molecule has 2 fully saturated rings.